The number of hydrogen-bond acceptors (Lipinski definition) is 2. The number of rotatable bonds is 2. The zero-order valence-corrected chi connectivity index (χ0v) is 5.60. The van der Waals surface area contributed by atoms with Gasteiger partial charge in [-0.15, -0.1) is 0 Å². The van der Waals surface area contributed by atoms with Crippen LogP contribution in [0.4, 0.5) is 17.6 Å². The van der Waals surface area contributed by atoms with Gasteiger partial charge in [0.1, 0.15) is 0 Å². The maximum atomic E-state index is 12.5. The molecule has 0 spiro atoms. The summed E-state index contributed by atoms with van der Waals surface area (Å²) in [6, 6.07) is 0.359. The van der Waals surface area contributed by atoms with Crippen molar-refractivity contribution in [2.45, 2.75) is 6.61 Å². The zero-order valence-electron chi connectivity index (χ0n) is 5.60. The Kier molecular flexibility index (Phi) is 2.47. The molecule has 66 valence electrons. The average molecular weight is 181 g/mol. The molecule has 0 N–H and O–H groups in total. The Bertz CT molecular complexity index is 278. The maximum Gasteiger partial charge on any atom is 0.387 e. The van der Waals surface area contributed by atoms with Crippen LogP contribution in [0.15, 0.2) is 12.3 Å². The van der Waals surface area contributed by atoms with E-state index in [1.165, 1.54) is 0 Å². The lowest BCUT2D eigenvalue weighted by Gasteiger charge is -2.03. The lowest BCUT2D eigenvalue weighted by atomic mass is 10.4. The molecule has 0 unspecified atom stereocenters. The lowest BCUT2D eigenvalue weighted by Crippen LogP contribution is -2.04. The summed E-state index contributed by atoms with van der Waals surface area (Å²) in [4.78, 5) is 2.93. The van der Waals surface area contributed by atoms with Crippen LogP contribution >= 0.6 is 0 Å². The quantitative estimate of drug-likeness (QED) is 0.514. The van der Waals surface area contributed by atoms with Crippen LogP contribution in [0.25, 0.3) is 0 Å². The molecule has 0 saturated carbocycles. The smallest absolute Gasteiger partial charge is 0.387 e. The molecule has 0 bridgehead atoms. The number of nitrogens with zero attached hydrogens (tertiary/aromatic N) is 1. The Labute approximate surface area is 64.8 Å². The highest BCUT2D eigenvalue weighted by molar-refractivity contribution is 5.19. The van der Waals surface area contributed by atoms with Gasteiger partial charge in [0, 0.05) is 6.07 Å². The van der Waals surface area contributed by atoms with E-state index in [0.717, 1.165) is 0 Å². The second-order valence-corrected chi connectivity index (χ2v) is 1.82. The largest absolute Gasteiger partial charge is 0.430 e. The van der Waals surface area contributed by atoms with E-state index in [1.54, 1.807) is 0 Å². The molecule has 0 radical (unpaired) electrons. The molecule has 2 nitrogen and oxygen atoms in total. The molecule has 0 aromatic carbocycles. The average Bonchev–Trinajstić information content (AvgIpc) is 1.94. The molecular weight excluding hydrogens is 178 g/mol. The third-order valence-electron chi connectivity index (χ3n) is 1.00. The Balaban J connectivity index is 2.86. The Morgan fingerprint density at radius 2 is 2.00 bits per heavy atom. The van der Waals surface area contributed by atoms with Crippen molar-refractivity contribution in [1.82, 2.24) is 4.98 Å². The predicted molar refractivity (Wildman–Crippen MR) is 30.8 cm³/mol. The molecule has 1 aromatic rings. The topological polar surface area (TPSA) is 22.1 Å². The molecule has 0 aliphatic carbocycles. The van der Waals surface area contributed by atoms with E-state index in [9.17, 15) is 17.6 Å². The van der Waals surface area contributed by atoms with Crippen molar-refractivity contribution in [3.05, 3.63) is 24.0 Å². The van der Waals surface area contributed by atoms with E-state index in [-0.39, 0.29) is 0 Å². The molecule has 0 aliphatic heterocycles. The van der Waals surface area contributed by atoms with Crippen LogP contribution < -0.4 is 4.74 Å². The minimum atomic E-state index is -3.15. The van der Waals surface area contributed by atoms with E-state index in [4.69, 9.17) is 0 Å². The lowest BCUT2D eigenvalue weighted by molar-refractivity contribution is -0.0525. The summed E-state index contributed by atoms with van der Waals surface area (Å²) in [5, 5.41) is 0. The Morgan fingerprint density at radius 1 is 1.33 bits per heavy atom. The van der Waals surface area contributed by atoms with Crippen molar-refractivity contribution < 1.29 is 22.3 Å². The van der Waals surface area contributed by atoms with Crippen molar-refractivity contribution in [3.8, 4) is 5.75 Å². The first-order valence-electron chi connectivity index (χ1n) is 2.85. The third kappa shape index (κ3) is 2.08. The van der Waals surface area contributed by atoms with Crippen LogP contribution in [0.5, 0.6) is 5.75 Å². The van der Waals surface area contributed by atoms with Gasteiger partial charge in [-0.1, -0.05) is 0 Å². The Hall–Kier alpha value is -1.33. The SMILES string of the molecule is Fc1cc(F)c(OC(F)F)cn1. The van der Waals surface area contributed by atoms with Gasteiger partial charge in [0.05, 0.1) is 6.20 Å². The van der Waals surface area contributed by atoms with Gasteiger partial charge >= 0.3 is 6.61 Å². The van der Waals surface area contributed by atoms with Gasteiger partial charge in [0.2, 0.25) is 5.95 Å². The molecule has 0 saturated heterocycles. The standard InChI is InChI=1S/C6H3F4NO/c7-3-1-5(8)11-2-4(3)12-6(9)10/h1-2,6H. The van der Waals surface area contributed by atoms with Crippen molar-refractivity contribution in [3.63, 3.8) is 0 Å². The molecule has 6 heteroatoms. The minimum absolute atomic E-state index is 0.359. The maximum absolute atomic E-state index is 12.5. The van der Waals surface area contributed by atoms with E-state index in [1.807, 2.05) is 0 Å². The summed E-state index contributed by atoms with van der Waals surface area (Å²) in [6.45, 7) is -3.15. The Morgan fingerprint density at radius 3 is 2.50 bits per heavy atom. The van der Waals surface area contributed by atoms with Crippen molar-refractivity contribution >= 4 is 0 Å². The molecular formula is C6H3F4NO. The summed E-state index contributed by atoms with van der Waals surface area (Å²) in [6.07, 6.45) is 0.552. The highest BCUT2D eigenvalue weighted by Gasteiger charge is 2.10. The molecule has 0 amide bonds. The first-order valence-corrected chi connectivity index (χ1v) is 2.85. The fraction of sp³-hybridized carbons (Fsp3) is 0.167. The minimum Gasteiger partial charge on any atom is -0.430 e. The van der Waals surface area contributed by atoms with Gasteiger partial charge in [-0.2, -0.15) is 13.2 Å². The van der Waals surface area contributed by atoms with Crippen LogP contribution in [0.1, 0.15) is 0 Å². The number of pyridine rings is 1. The molecule has 0 atom stereocenters. The van der Waals surface area contributed by atoms with Crippen LogP contribution in [-0.2, 0) is 0 Å². The number of aromatic nitrogens is 1. The van der Waals surface area contributed by atoms with Crippen LogP contribution in [-0.4, -0.2) is 11.6 Å². The predicted octanol–water partition coefficient (Wildman–Crippen LogP) is 1.96. The summed E-state index contributed by atoms with van der Waals surface area (Å²) in [5.41, 5.74) is 0. The van der Waals surface area contributed by atoms with E-state index < -0.39 is 24.1 Å². The fourth-order valence-electron chi connectivity index (χ4n) is 0.578. The van der Waals surface area contributed by atoms with Crippen LogP contribution in [0.2, 0.25) is 0 Å². The number of hydrogen-bond donors (Lipinski definition) is 0. The van der Waals surface area contributed by atoms with Crippen molar-refractivity contribution in [2.24, 2.45) is 0 Å². The molecule has 1 aromatic heterocycles. The fourth-order valence-corrected chi connectivity index (χ4v) is 0.578. The first-order chi connectivity index (χ1) is 5.59. The summed E-state index contributed by atoms with van der Waals surface area (Å²) >= 11 is 0. The van der Waals surface area contributed by atoms with Crippen molar-refractivity contribution in [2.75, 3.05) is 0 Å². The molecule has 1 heterocycles. The van der Waals surface area contributed by atoms with Crippen molar-refractivity contribution in [1.29, 1.82) is 0 Å². The monoisotopic (exact) mass is 181 g/mol. The zero-order chi connectivity index (χ0) is 9.14. The summed E-state index contributed by atoms with van der Waals surface area (Å²) < 4.78 is 51.2. The van der Waals surface area contributed by atoms with Gasteiger partial charge in [-0.25, -0.2) is 9.37 Å². The number of halogens is 4. The van der Waals surface area contributed by atoms with Gasteiger partial charge in [0.15, 0.2) is 11.6 Å². The van der Waals surface area contributed by atoms with Crippen LogP contribution in [0, 0.1) is 11.8 Å². The summed E-state index contributed by atoms with van der Waals surface area (Å²) in [5.74, 6) is -3.07. The van der Waals surface area contributed by atoms with E-state index in [2.05, 4.69) is 9.72 Å². The second-order valence-electron chi connectivity index (χ2n) is 1.82. The van der Waals surface area contributed by atoms with E-state index in [0.29, 0.717) is 12.3 Å². The van der Waals surface area contributed by atoms with Gasteiger partial charge in [-0.05, 0) is 0 Å². The normalized spacial score (nSPS) is 10.4. The number of ether oxygens (including phenoxy) is 1. The van der Waals surface area contributed by atoms with Crippen LogP contribution in [0.3, 0.4) is 0 Å². The number of alkyl halides is 2. The van der Waals surface area contributed by atoms with Gasteiger partial charge in [0.25, 0.3) is 0 Å². The molecule has 1 rings (SSSR count). The first kappa shape index (κ1) is 8.76. The van der Waals surface area contributed by atoms with Gasteiger partial charge < -0.3 is 4.74 Å². The summed E-state index contributed by atoms with van der Waals surface area (Å²) in [7, 11) is 0. The molecule has 0 aliphatic rings. The molecule has 12 heavy (non-hydrogen) atoms. The second kappa shape index (κ2) is 3.38. The third-order valence-corrected chi connectivity index (χ3v) is 1.00. The van der Waals surface area contributed by atoms with E-state index >= 15 is 0 Å². The van der Waals surface area contributed by atoms with Gasteiger partial charge in [-0.3, -0.25) is 0 Å². The highest BCUT2D eigenvalue weighted by Crippen LogP contribution is 2.17. The highest BCUT2D eigenvalue weighted by atomic mass is 19.3. The molecule has 0 fully saturated rings.